The summed E-state index contributed by atoms with van der Waals surface area (Å²) in [5.74, 6) is 0.328. The molecule has 0 saturated heterocycles. The standard InChI is InChI=1S/C19H15NO4/c21-18(17-10-5-11-20-17)13-23-19(22)14-6-4-9-16(12-14)24-15-7-2-1-3-8-15/h1-12,20H,13H2. The first-order valence-electron chi connectivity index (χ1n) is 7.39. The van der Waals surface area contributed by atoms with Crippen molar-refractivity contribution in [2.75, 3.05) is 6.61 Å². The predicted octanol–water partition coefficient (Wildman–Crippen LogP) is 3.85. The fourth-order valence-electron chi connectivity index (χ4n) is 2.11. The highest BCUT2D eigenvalue weighted by Gasteiger charge is 2.13. The van der Waals surface area contributed by atoms with Gasteiger partial charge < -0.3 is 14.5 Å². The Labute approximate surface area is 138 Å². The van der Waals surface area contributed by atoms with Gasteiger partial charge >= 0.3 is 5.97 Å². The molecule has 0 fully saturated rings. The van der Waals surface area contributed by atoms with Crippen LogP contribution in [0.2, 0.25) is 0 Å². The summed E-state index contributed by atoms with van der Waals surface area (Å²) >= 11 is 0. The van der Waals surface area contributed by atoms with E-state index in [0.717, 1.165) is 0 Å². The summed E-state index contributed by atoms with van der Waals surface area (Å²) < 4.78 is 10.7. The van der Waals surface area contributed by atoms with Crippen molar-refractivity contribution < 1.29 is 19.1 Å². The van der Waals surface area contributed by atoms with Gasteiger partial charge in [-0.3, -0.25) is 4.79 Å². The van der Waals surface area contributed by atoms with Gasteiger partial charge in [-0.05, 0) is 42.5 Å². The molecule has 0 amide bonds. The van der Waals surface area contributed by atoms with Crippen LogP contribution in [0.1, 0.15) is 20.8 Å². The van der Waals surface area contributed by atoms with Crippen molar-refractivity contribution in [3.8, 4) is 11.5 Å². The van der Waals surface area contributed by atoms with Gasteiger partial charge in [0.05, 0.1) is 11.3 Å². The fraction of sp³-hybridized carbons (Fsp3) is 0.0526. The number of nitrogens with one attached hydrogen (secondary N) is 1. The van der Waals surface area contributed by atoms with Gasteiger partial charge in [0.2, 0.25) is 5.78 Å². The first-order chi connectivity index (χ1) is 11.7. The molecular weight excluding hydrogens is 306 g/mol. The van der Waals surface area contributed by atoms with Gasteiger partial charge in [0.1, 0.15) is 11.5 Å². The van der Waals surface area contributed by atoms with E-state index in [4.69, 9.17) is 9.47 Å². The number of ether oxygens (including phenoxy) is 2. The van der Waals surface area contributed by atoms with E-state index < -0.39 is 5.97 Å². The van der Waals surface area contributed by atoms with Gasteiger partial charge in [-0.25, -0.2) is 4.79 Å². The summed E-state index contributed by atoms with van der Waals surface area (Å²) in [6.45, 7) is -0.316. The lowest BCUT2D eigenvalue weighted by atomic mass is 10.2. The van der Waals surface area contributed by atoms with Crippen LogP contribution in [-0.2, 0) is 4.74 Å². The number of Topliss-reactive ketones (excluding diaryl/α,β-unsaturated/α-hetero) is 1. The smallest absolute Gasteiger partial charge is 0.338 e. The van der Waals surface area contributed by atoms with Crippen LogP contribution in [0.15, 0.2) is 72.9 Å². The quantitative estimate of drug-likeness (QED) is 0.553. The van der Waals surface area contributed by atoms with Crippen molar-refractivity contribution in [3.63, 3.8) is 0 Å². The zero-order valence-corrected chi connectivity index (χ0v) is 12.8. The molecule has 1 N–H and O–H groups in total. The molecule has 1 heterocycles. The van der Waals surface area contributed by atoms with Gasteiger partial charge in [-0.15, -0.1) is 0 Å². The molecule has 0 spiro atoms. The van der Waals surface area contributed by atoms with Crippen LogP contribution in [-0.4, -0.2) is 23.3 Å². The average Bonchev–Trinajstić information content (AvgIpc) is 3.15. The van der Waals surface area contributed by atoms with E-state index in [1.54, 1.807) is 42.6 Å². The molecule has 0 saturated carbocycles. The van der Waals surface area contributed by atoms with Gasteiger partial charge in [0, 0.05) is 6.20 Å². The highest BCUT2D eigenvalue weighted by atomic mass is 16.5. The number of rotatable bonds is 6. The molecule has 5 heteroatoms. The molecule has 0 aliphatic carbocycles. The number of H-pyrrole nitrogens is 1. The summed E-state index contributed by atoms with van der Waals surface area (Å²) in [5.41, 5.74) is 0.728. The maximum atomic E-state index is 12.1. The Morgan fingerprint density at radius 1 is 0.875 bits per heavy atom. The number of benzene rings is 2. The zero-order valence-electron chi connectivity index (χ0n) is 12.8. The Morgan fingerprint density at radius 2 is 1.67 bits per heavy atom. The third-order valence-electron chi connectivity index (χ3n) is 3.28. The monoisotopic (exact) mass is 321 g/mol. The van der Waals surface area contributed by atoms with Crippen LogP contribution >= 0.6 is 0 Å². The van der Waals surface area contributed by atoms with Crippen LogP contribution in [0, 0.1) is 0 Å². The molecule has 0 unspecified atom stereocenters. The largest absolute Gasteiger partial charge is 0.457 e. The topological polar surface area (TPSA) is 68.4 Å². The summed E-state index contributed by atoms with van der Waals surface area (Å²) in [6, 6.07) is 19.2. The van der Waals surface area contributed by atoms with E-state index >= 15 is 0 Å². The Kier molecular flexibility index (Phi) is 4.72. The average molecular weight is 321 g/mol. The van der Waals surface area contributed by atoms with E-state index in [0.29, 0.717) is 22.8 Å². The second-order valence-corrected chi connectivity index (χ2v) is 5.03. The minimum atomic E-state index is -0.576. The number of aromatic nitrogens is 1. The van der Waals surface area contributed by atoms with E-state index in [1.807, 2.05) is 30.3 Å². The third-order valence-corrected chi connectivity index (χ3v) is 3.28. The highest BCUT2D eigenvalue weighted by molar-refractivity contribution is 5.98. The molecule has 120 valence electrons. The molecule has 0 aliphatic rings. The highest BCUT2D eigenvalue weighted by Crippen LogP contribution is 2.22. The molecule has 24 heavy (non-hydrogen) atoms. The number of ketones is 1. The summed E-state index contributed by atoms with van der Waals surface area (Å²) in [6.07, 6.45) is 1.64. The number of hydrogen-bond donors (Lipinski definition) is 1. The Morgan fingerprint density at radius 3 is 2.42 bits per heavy atom. The van der Waals surface area contributed by atoms with Gasteiger partial charge in [0.15, 0.2) is 6.61 Å². The minimum Gasteiger partial charge on any atom is -0.457 e. The first kappa shape index (κ1) is 15.6. The van der Waals surface area contributed by atoms with Crippen molar-refractivity contribution in [1.29, 1.82) is 0 Å². The lowest BCUT2D eigenvalue weighted by Crippen LogP contribution is -2.14. The molecule has 0 aliphatic heterocycles. The Balaban J connectivity index is 1.63. The van der Waals surface area contributed by atoms with E-state index in [1.165, 1.54) is 0 Å². The SMILES string of the molecule is O=C(OCC(=O)c1ccc[nH]1)c1cccc(Oc2ccccc2)c1. The van der Waals surface area contributed by atoms with Crippen molar-refractivity contribution in [2.24, 2.45) is 0 Å². The number of carbonyl (C=O) groups excluding carboxylic acids is 2. The van der Waals surface area contributed by atoms with Crippen molar-refractivity contribution in [2.45, 2.75) is 0 Å². The lowest BCUT2D eigenvalue weighted by molar-refractivity contribution is 0.0473. The minimum absolute atomic E-state index is 0.287. The van der Waals surface area contributed by atoms with E-state index in [9.17, 15) is 9.59 Å². The summed E-state index contributed by atoms with van der Waals surface area (Å²) in [4.78, 5) is 26.7. The van der Waals surface area contributed by atoms with Crippen LogP contribution in [0.3, 0.4) is 0 Å². The van der Waals surface area contributed by atoms with E-state index in [-0.39, 0.29) is 12.4 Å². The Hall–Kier alpha value is -3.34. The number of esters is 1. The van der Waals surface area contributed by atoms with Crippen molar-refractivity contribution >= 4 is 11.8 Å². The van der Waals surface area contributed by atoms with Crippen LogP contribution in [0.4, 0.5) is 0 Å². The molecule has 3 rings (SSSR count). The van der Waals surface area contributed by atoms with Crippen molar-refractivity contribution in [3.05, 3.63) is 84.2 Å². The fourth-order valence-corrected chi connectivity index (χ4v) is 2.11. The lowest BCUT2D eigenvalue weighted by Gasteiger charge is -2.07. The maximum absolute atomic E-state index is 12.1. The molecule has 1 aromatic heterocycles. The molecule has 0 bridgehead atoms. The predicted molar refractivity (Wildman–Crippen MR) is 88.4 cm³/mol. The zero-order chi connectivity index (χ0) is 16.8. The Bertz CT molecular complexity index is 826. The molecule has 5 nitrogen and oxygen atoms in total. The van der Waals surface area contributed by atoms with Gasteiger partial charge in [-0.2, -0.15) is 0 Å². The second kappa shape index (κ2) is 7.28. The summed E-state index contributed by atoms with van der Waals surface area (Å²) in [5, 5.41) is 0. The van der Waals surface area contributed by atoms with Crippen LogP contribution in [0.5, 0.6) is 11.5 Å². The van der Waals surface area contributed by atoms with Gasteiger partial charge in [0.25, 0.3) is 0 Å². The van der Waals surface area contributed by atoms with E-state index in [2.05, 4.69) is 4.98 Å². The second-order valence-electron chi connectivity index (χ2n) is 5.03. The van der Waals surface area contributed by atoms with Crippen LogP contribution < -0.4 is 4.74 Å². The maximum Gasteiger partial charge on any atom is 0.338 e. The molecule has 3 aromatic rings. The number of hydrogen-bond acceptors (Lipinski definition) is 4. The molecule has 0 atom stereocenters. The number of para-hydroxylation sites is 1. The van der Waals surface area contributed by atoms with Crippen molar-refractivity contribution in [1.82, 2.24) is 4.98 Å². The molecule has 0 radical (unpaired) electrons. The summed E-state index contributed by atoms with van der Waals surface area (Å²) in [7, 11) is 0. The number of aromatic amines is 1. The van der Waals surface area contributed by atoms with Crippen LogP contribution in [0.25, 0.3) is 0 Å². The first-order valence-corrected chi connectivity index (χ1v) is 7.39. The normalized spacial score (nSPS) is 10.2. The third kappa shape index (κ3) is 3.89. The molecular formula is C19H15NO4. The molecule has 2 aromatic carbocycles. The number of carbonyl (C=O) groups is 2. The van der Waals surface area contributed by atoms with Gasteiger partial charge in [-0.1, -0.05) is 24.3 Å².